The predicted molar refractivity (Wildman–Crippen MR) is 112 cm³/mol. The highest BCUT2D eigenvalue weighted by Gasteiger charge is 2.40. The minimum absolute atomic E-state index is 0.335. The maximum Gasteiger partial charge on any atom is 0.319 e. The Hall–Kier alpha value is -3.15. The molecule has 1 aliphatic heterocycles. The summed E-state index contributed by atoms with van der Waals surface area (Å²) in [6.45, 7) is 7.46. The quantitative estimate of drug-likeness (QED) is 0.652. The molecule has 1 atom stereocenters. The molecule has 2 heterocycles. The molecule has 2 amide bonds. The fourth-order valence-electron chi connectivity index (χ4n) is 4.12. The van der Waals surface area contributed by atoms with Crippen LogP contribution in [0.2, 0.25) is 0 Å². The van der Waals surface area contributed by atoms with Crippen LogP contribution < -0.4 is 15.4 Å². The Kier molecular flexibility index (Phi) is 4.45. The summed E-state index contributed by atoms with van der Waals surface area (Å²) >= 11 is 0. The summed E-state index contributed by atoms with van der Waals surface area (Å²) in [5.74, 6) is 0.147. The topological polar surface area (TPSA) is 68.5 Å². The summed E-state index contributed by atoms with van der Waals surface area (Å²) in [4.78, 5) is 18.7. The molecule has 0 saturated carbocycles. The Labute approximate surface area is 169 Å². The first kappa shape index (κ1) is 19.2. The van der Waals surface area contributed by atoms with Gasteiger partial charge in [-0.1, -0.05) is 18.2 Å². The van der Waals surface area contributed by atoms with Crippen molar-refractivity contribution in [2.24, 2.45) is 5.73 Å². The van der Waals surface area contributed by atoms with Crippen molar-refractivity contribution < 1.29 is 13.9 Å². The number of urea groups is 1. The first-order valence-electron chi connectivity index (χ1n) is 9.60. The molecule has 0 bridgehead atoms. The molecule has 29 heavy (non-hydrogen) atoms. The van der Waals surface area contributed by atoms with Crippen LogP contribution in [0.1, 0.15) is 43.1 Å². The van der Waals surface area contributed by atoms with Crippen molar-refractivity contribution >= 4 is 22.5 Å². The van der Waals surface area contributed by atoms with Crippen LogP contribution in [0.5, 0.6) is 5.75 Å². The highest BCUT2D eigenvalue weighted by Crippen LogP contribution is 2.46. The highest BCUT2D eigenvalue weighted by molar-refractivity contribution is 6.03. The van der Waals surface area contributed by atoms with E-state index < -0.39 is 11.6 Å². The molecule has 1 aliphatic rings. The van der Waals surface area contributed by atoms with Gasteiger partial charge in [0.2, 0.25) is 0 Å². The van der Waals surface area contributed by atoms with E-state index in [0.29, 0.717) is 23.4 Å². The van der Waals surface area contributed by atoms with Gasteiger partial charge in [0.15, 0.2) is 0 Å². The summed E-state index contributed by atoms with van der Waals surface area (Å²) in [5, 5.41) is 1.81. The molecule has 0 radical (unpaired) electrons. The number of fused-ring (bicyclic) bond motifs is 2. The number of aromatic nitrogens is 1. The number of carbonyl (C=O) groups is 1. The smallest absolute Gasteiger partial charge is 0.319 e. The van der Waals surface area contributed by atoms with Gasteiger partial charge in [-0.3, -0.25) is 9.88 Å². The van der Waals surface area contributed by atoms with Crippen molar-refractivity contribution in [3.63, 3.8) is 0 Å². The van der Waals surface area contributed by atoms with Gasteiger partial charge in [0.25, 0.3) is 0 Å². The maximum atomic E-state index is 14.2. The van der Waals surface area contributed by atoms with Crippen molar-refractivity contribution in [1.29, 1.82) is 0 Å². The van der Waals surface area contributed by atoms with Crippen LogP contribution in [-0.2, 0) is 0 Å². The average Bonchev–Trinajstić information content (AvgIpc) is 2.64. The van der Waals surface area contributed by atoms with Crippen molar-refractivity contribution in [1.82, 2.24) is 4.98 Å². The van der Waals surface area contributed by atoms with Crippen molar-refractivity contribution in [2.75, 3.05) is 4.90 Å². The van der Waals surface area contributed by atoms with Crippen LogP contribution >= 0.6 is 0 Å². The van der Waals surface area contributed by atoms with E-state index >= 15 is 0 Å². The lowest BCUT2D eigenvalue weighted by molar-refractivity contribution is 0.0709. The Balaban J connectivity index is 1.96. The Bertz CT molecular complexity index is 1130. The van der Waals surface area contributed by atoms with E-state index in [1.165, 1.54) is 6.07 Å². The molecule has 0 unspecified atom stereocenters. The highest BCUT2D eigenvalue weighted by atomic mass is 19.1. The fourth-order valence-corrected chi connectivity index (χ4v) is 4.12. The standard InChI is InChI=1S/C23H24FN3O2/c1-13-10-17-15(12-26-13)6-5-7-19(17)27(22(25)28)20-11-23(3,4)29-21-14(2)18(24)9-8-16(20)21/h5-10,12,20H,11H2,1-4H3,(H2,25,28)/t20-/m1/s1. The number of nitrogens with zero attached hydrogens (tertiary/aromatic N) is 2. The third-order valence-electron chi connectivity index (χ3n) is 5.48. The average molecular weight is 393 g/mol. The number of halogens is 1. The lowest BCUT2D eigenvalue weighted by Crippen LogP contribution is -2.46. The normalized spacial score (nSPS) is 17.5. The number of primary amides is 1. The molecule has 3 aromatic rings. The minimum atomic E-state index is -0.591. The second-order valence-electron chi connectivity index (χ2n) is 8.20. The van der Waals surface area contributed by atoms with Crippen LogP contribution in [0.15, 0.2) is 42.6 Å². The number of ether oxygens (including phenoxy) is 1. The minimum Gasteiger partial charge on any atom is -0.487 e. The molecule has 2 N–H and O–H groups in total. The van der Waals surface area contributed by atoms with E-state index in [2.05, 4.69) is 4.98 Å². The number of benzene rings is 2. The number of nitrogens with two attached hydrogens (primary N) is 1. The number of pyridine rings is 1. The summed E-state index contributed by atoms with van der Waals surface area (Å²) < 4.78 is 20.3. The van der Waals surface area contributed by atoms with Gasteiger partial charge < -0.3 is 10.5 Å². The zero-order chi connectivity index (χ0) is 20.9. The molecule has 1 aromatic heterocycles. The Morgan fingerprint density at radius 1 is 1.28 bits per heavy atom. The number of hydrogen-bond donors (Lipinski definition) is 1. The van der Waals surface area contributed by atoms with E-state index in [4.69, 9.17) is 10.5 Å². The molecule has 4 rings (SSSR count). The van der Waals surface area contributed by atoms with Gasteiger partial charge in [0.1, 0.15) is 17.2 Å². The van der Waals surface area contributed by atoms with Gasteiger partial charge in [0.05, 0.1) is 11.7 Å². The SMILES string of the molecule is Cc1cc2c(N(C(N)=O)[C@@H]3CC(C)(C)Oc4c3ccc(F)c4C)cccc2cn1. The van der Waals surface area contributed by atoms with Crippen molar-refractivity contribution in [3.05, 3.63) is 65.2 Å². The van der Waals surface area contributed by atoms with Crippen LogP contribution in [0.4, 0.5) is 14.9 Å². The third kappa shape index (κ3) is 3.28. The largest absolute Gasteiger partial charge is 0.487 e. The van der Waals surface area contributed by atoms with Gasteiger partial charge in [-0.05, 0) is 45.9 Å². The number of amides is 2. The number of carbonyl (C=O) groups excluding carboxylic acids is 1. The monoisotopic (exact) mass is 393 g/mol. The van der Waals surface area contributed by atoms with Crippen LogP contribution in [0.25, 0.3) is 10.8 Å². The zero-order valence-electron chi connectivity index (χ0n) is 17.0. The van der Waals surface area contributed by atoms with Crippen LogP contribution in [-0.4, -0.2) is 16.6 Å². The molecule has 0 saturated heterocycles. The van der Waals surface area contributed by atoms with Gasteiger partial charge in [0, 0.05) is 40.2 Å². The van der Waals surface area contributed by atoms with E-state index in [0.717, 1.165) is 22.0 Å². The fraction of sp³-hybridized carbons (Fsp3) is 0.304. The molecule has 0 aliphatic carbocycles. The van der Waals surface area contributed by atoms with Gasteiger partial charge >= 0.3 is 6.03 Å². The molecular weight excluding hydrogens is 369 g/mol. The molecular formula is C23H24FN3O2. The van der Waals surface area contributed by atoms with E-state index in [1.54, 1.807) is 24.1 Å². The molecule has 5 nitrogen and oxygen atoms in total. The molecule has 0 spiro atoms. The number of hydrogen-bond acceptors (Lipinski definition) is 3. The zero-order valence-corrected chi connectivity index (χ0v) is 17.0. The number of anilines is 1. The summed E-state index contributed by atoms with van der Waals surface area (Å²) in [7, 11) is 0. The second-order valence-corrected chi connectivity index (χ2v) is 8.20. The molecule has 150 valence electrons. The van der Waals surface area contributed by atoms with E-state index in [1.807, 2.05) is 45.0 Å². The Morgan fingerprint density at radius 3 is 2.76 bits per heavy atom. The number of rotatable bonds is 2. The predicted octanol–water partition coefficient (Wildman–Crippen LogP) is 5.18. The van der Waals surface area contributed by atoms with Crippen LogP contribution in [0.3, 0.4) is 0 Å². The van der Waals surface area contributed by atoms with E-state index in [-0.39, 0.29) is 11.9 Å². The summed E-state index contributed by atoms with van der Waals surface area (Å²) in [5.41, 5.74) is 8.05. The van der Waals surface area contributed by atoms with Crippen molar-refractivity contribution in [2.45, 2.75) is 45.8 Å². The maximum absolute atomic E-state index is 14.2. The van der Waals surface area contributed by atoms with Crippen LogP contribution in [0, 0.1) is 19.7 Å². The summed E-state index contributed by atoms with van der Waals surface area (Å²) in [6, 6.07) is 9.81. The molecule has 6 heteroatoms. The van der Waals surface area contributed by atoms with Gasteiger partial charge in [-0.2, -0.15) is 0 Å². The van der Waals surface area contributed by atoms with E-state index in [9.17, 15) is 9.18 Å². The third-order valence-corrected chi connectivity index (χ3v) is 5.48. The summed E-state index contributed by atoms with van der Waals surface area (Å²) in [6.07, 6.45) is 2.31. The second kappa shape index (κ2) is 6.72. The lowest BCUT2D eigenvalue weighted by atomic mass is 9.87. The first-order chi connectivity index (χ1) is 13.7. The first-order valence-corrected chi connectivity index (χ1v) is 9.60. The van der Waals surface area contributed by atoms with Gasteiger partial charge in [-0.15, -0.1) is 0 Å². The number of aryl methyl sites for hydroxylation is 1. The Morgan fingerprint density at radius 2 is 2.03 bits per heavy atom. The molecule has 0 fully saturated rings. The molecule has 2 aromatic carbocycles. The van der Waals surface area contributed by atoms with Crippen molar-refractivity contribution in [3.8, 4) is 5.75 Å². The van der Waals surface area contributed by atoms with Gasteiger partial charge in [-0.25, -0.2) is 9.18 Å². The lowest BCUT2D eigenvalue weighted by Gasteiger charge is -2.42.